The van der Waals surface area contributed by atoms with E-state index >= 15 is 0 Å². The Morgan fingerprint density at radius 1 is 1.42 bits per heavy atom. The number of para-hydroxylation sites is 1. The number of phosphoric ester groups is 1. The SMILES string of the molecule is C=CC(O[C]=O)C(=O)c1ccccc1OP(=O)(O)O. The van der Waals surface area contributed by atoms with Crippen molar-refractivity contribution in [3.05, 3.63) is 42.5 Å². The number of carbonyl (C=O) groups is 1. The Hall–Kier alpha value is -1.95. The van der Waals surface area contributed by atoms with Gasteiger partial charge in [0.25, 0.3) is 0 Å². The molecular formula is C11H10O7P. The van der Waals surface area contributed by atoms with Crippen LogP contribution in [-0.2, 0) is 14.1 Å². The summed E-state index contributed by atoms with van der Waals surface area (Å²) in [5, 5.41) is 0. The zero-order valence-electron chi connectivity index (χ0n) is 9.55. The molecular weight excluding hydrogens is 275 g/mol. The molecule has 101 valence electrons. The van der Waals surface area contributed by atoms with Gasteiger partial charge in [-0.1, -0.05) is 18.7 Å². The Labute approximate surface area is 108 Å². The lowest BCUT2D eigenvalue weighted by molar-refractivity contribution is 0.0829. The van der Waals surface area contributed by atoms with Gasteiger partial charge >= 0.3 is 14.3 Å². The molecule has 1 aromatic rings. The predicted molar refractivity (Wildman–Crippen MR) is 64.2 cm³/mol. The number of Topliss-reactive ketones (excluding diaryl/α,β-unsaturated/α-hetero) is 1. The van der Waals surface area contributed by atoms with E-state index in [1.54, 1.807) is 0 Å². The first-order valence-electron chi connectivity index (χ1n) is 4.92. The molecule has 0 aromatic heterocycles. The summed E-state index contributed by atoms with van der Waals surface area (Å²) in [6, 6.07) is 5.37. The van der Waals surface area contributed by atoms with Gasteiger partial charge in [0.05, 0.1) is 5.56 Å². The molecule has 8 heteroatoms. The number of phosphoric acid groups is 1. The first kappa shape index (κ1) is 15.1. The molecule has 1 unspecified atom stereocenters. The van der Waals surface area contributed by atoms with Gasteiger partial charge in [-0.2, -0.15) is 0 Å². The van der Waals surface area contributed by atoms with E-state index in [-0.39, 0.29) is 11.3 Å². The van der Waals surface area contributed by atoms with E-state index in [2.05, 4.69) is 15.8 Å². The number of hydrogen-bond donors (Lipinski definition) is 2. The molecule has 0 aliphatic rings. The largest absolute Gasteiger partial charge is 0.524 e. The second-order valence-electron chi connectivity index (χ2n) is 3.30. The maximum absolute atomic E-state index is 12.0. The molecule has 19 heavy (non-hydrogen) atoms. The van der Waals surface area contributed by atoms with E-state index < -0.39 is 19.7 Å². The van der Waals surface area contributed by atoms with Crippen molar-refractivity contribution in [3.8, 4) is 5.75 Å². The maximum atomic E-state index is 12.0. The molecule has 0 saturated carbocycles. The van der Waals surface area contributed by atoms with Crippen molar-refractivity contribution in [2.75, 3.05) is 0 Å². The summed E-state index contributed by atoms with van der Waals surface area (Å²) in [5.74, 6) is -1.05. The molecule has 1 atom stereocenters. The van der Waals surface area contributed by atoms with Crippen LogP contribution in [0, 0.1) is 0 Å². The van der Waals surface area contributed by atoms with Crippen LogP contribution in [0.25, 0.3) is 0 Å². The van der Waals surface area contributed by atoms with Gasteiger partial charge in [-0.25, -0.2) is 9.36 Å². The Morgan fingerprint density at radius 2 is 2.05 bits per heavy atom. The molecule has 0 saturated heterocycles. The third-order valence-electron chi connectivity index (χ3n) is 2.02. The van der Waals surface area contributed by atoms with Crippen molar-refractivity contribution in [2.24, 2.45) is 0 Å². The Morgan fingerprint density at radius 3 is 2.58 bits per heavy atom. The zero-order chi connectivity index (χ0) is 14.5. The molecule has 2 N–H and O–H groups in total. The second kappa shape index (κ2) is 6.29. The van der Waals surface area contributed by atoms with Crippen molar-refractivity contribution in [1.82, 2.24) is 0 Å². The van der Waals surface area contributed by atoms with Crippen molar-refractivity contribution in [2.45, 2.75) is 6.10 Å². The van der Waals surface area contributed by atoms with E-state index in [0.717, 1.165) is 12.5 Å². The summed E-state index contributed by atoms with van der Waals surface area (Å²) in [6.07, 6.45) is -0.249. The van der Waals surface area contributed by atoms with Crippen LogP contribution < -0.4 is 4.52 Å². The van der Waals surface area contributed by atoms with E-state index in [1.807, 2.05) is 0 Å². The summed E-state index contributed by atoms with van der Waals surface area (Å²) >= 11 is 0. The molecule has 1 aromatic carbocycles. The molecule has 0 aliphatic heterocycles. The quantitative estimate of drug-likeness (QED) is 0.436. The number of carbonyl (C=O) groups excluding carboxylic acids is 2. The first-order valence-corrected chi connectivity index (χ1v) is 6.46. The van der Waals surface area contributed by atoms with Crippen LogP contribution in [-0.4, -0.2) is 28.1 Å². The second-order valence-corrected chi connectivity index (χ2v) is 4.46. The topological polar surface area (TPSA) is 110 Å². The van der Waals surface area contributed by atoms with Crippen LogP contribution in [0.2, 0.25) is 0 Å². The Kier molecular flexibility index (Phi) is 5.00. The highest BCUT2D eigenvalue weighted by Gasteiger charge is 2.25. The lowest BCUT2D eigenvalue weighted by Gasteiger charge is -2.13. The average molecular weight is 285 g/mol. The molecule has 0 heterocycles. The molecule has 7 nitrogen and oxygen atoms in total. The first-order chi connectivity index (χ1) is 8.89. The van der Waals surface area contributed by atoms with Gasteiger partial charge < -0.3 is 9.26 Å². The number of benzene rings is 1. The maximum Gasteiger partial charge on any atom is 0.524 e. The molecule has 0 aliphatic carbocycles. The van der Waals surface area contributed by atoms with Gasteiger partial charge in [-0.15, -0.1) is 0 Å². The van der Waals surface area contributed by atoms with E-state index in [0.29, 0.717) is 0 Å². The Balaban J connectivity index is 3.12. The van der Waals surface area contributed by atoms with Crippen LogP contribution in [0.5, 0.6) is 5.75 Å². The van der Waals surface area contributed by atoms with Gasteiger partial charge in [-0.3, -0.25) is 14.6 Å². The third-order valence-corrected chi connectivity index (χ3v) is 2.45. The minimum atomic E-state index is -4.80. The van der Waals surface area contributed by atoms with E-state index in [9.17, 15) is 14.2 Å². The van der Waals surface area contributed by atoms with Crippen LogP contribution in [0.1, 0.15) is 10.4 Å². The lowest BCUT2D eigenvalue weighted by Crippen LogP contribution is -2.22. The van der Waals surface area contributed by atoms with Crippen molar-refractivity contribution in [1.29, 1.82) is 0 Å². The number of ether oxygens (including phenoxy) is 1. The normalized spacial score (nSPS) is 12.3. The summed E-state index contributed by atoms with van der Waals surface area (Å²) in [7, 11) is -4.80. The fourth-order valence-corrected chi connectivity index (χ4v) is 1.71. The predicted octanol–water partition coefficient (Wildman–Crippen LogP) is 0.979. The van der Waals surface area contributed by atoms with Crippen LogP contribution in [0.4, 0.5) is 0 Å². The fourth-order valence-electron chi connectivity index (χ4n) is 1.29. The van der Waals surface area contributed by atoms with Gasteiger partial charge in [0.15, 0.2) is 6.10 Å². The highest BCUT2D eigenvalue weighted by Crippen LogP contribution is 2.39. The van der Waals surface area contributed by atoms with Crippen molar-refractivity contribution >= 4 is 20.1 Å². The van der Waals surface area contributed by atoms with Crippen LogP contribution >= 0.6 is 7.82 Å². The standard InChI is InChI=1S/C11H10O7P/c1-2-9(17-7-12)11(13)8-5-3-4-6-10(8)18-19(14,15)16/h2-6,9H,1H2,(H2,14,15,16). The van der Waals surface area contributed by atoms with E-state index in [4.69, 9.17) is 9.79 Å². The van der Waals surface area contributed by atoms with Gasteiger partial charge in [0.2, 0.25) is 5.78 Å². The fraction of sp³-hybridized carbons (Fsp3) is 0.0909. The summed E-state index contributed by atoms with van der Waals surface area (Å²) in [5.41, 5.74) is -0.147. The molecule has 0 fully saturated rings. The van der Waals surface area contributed by atoms with Gasteiger partial charge in [0, 0.05) is 0 Å². The summed E-state index contributed by atoms with van der Waals surface area (Å²) < 4.78 is 19.5. The third kappa shape index (κ3) is 4.33. The van der Waals surface area contributed by atoms with Crippen molar-refractivity contribution < 1.29 is 33.2 Å². The Bertz CT molecular complexity index is 534. The lowest BCUT2D eigenvalue weighted by atomic mass is 10.1. The van der Waals surface area contributed by atoms with Crippen molar-refractivity contribution in [3.63, 3.8) is 0 Å². The summed E-state index contributed by atoms with van der Waals surface area (Å²) in [6.45, 7) is 4.41. The number of ketones is 1. The average Bonchev–Trinajstić information content (AvgIpc) is 2.34. The molecule has 1 radical (unpaired) electrons. The van der Waals surface area contributed by atoms with Crippen LogP contribution in [0.3, 0.4) is 0 Å². The summed E-state index contributed by atoms with van der Waals surface area (Å²) in [4.78, 5) is 39.6. The molecule has 0 amide bonds. The molecule has 0 bridgehead atoms. The monoisotopic (exact) mass is 285 g/mol. The van der Waals surface area contributed by atoms with Gasteiger partial charge in [-0.05, 0) is 18.2 Å². The number of hydrogen-bond acceptors (Lipinski definition) is 5. The van der Waals surface area contributed by atoms with Crippen LogP contribution in [0.15, 0.2) is 36.9 Å². The zero-order valence-corrected chi connectivity index (χ0v) is 10.4. The number of rotatable bonds is 7. The smallest absolute Gasteiger partial charge is 0.441 e. The minimum absolute atomic E-state index is 0.147. The highest BCUT2D eigenvalue weighted by molar-refractivity contribution is 7.46. The van der Waals surface area contributed by atoms with E-state index in [1.165, 1.54) is 24.3 Å². The molecule has 1 rings (SSSR count). The minimum Gasteiger partial charge on any atom is -0.441 e. The highest BCUT2D eigenvalue weighted by atomic mass is 31.2. The molecule has 0 spiro atoms. The van der Waals surface area contributed by atoms with Gasteiger partial charge in [0.1, 0.15) is 5.75 Å².